The molecule has 0 radical (unpaired) electrons. The van der Waals surface area contributed by atoms with E-state index in [2.05, 4.69) is 10.4 Å². The summed E-state index contributed by atoms with van der Waals surface area (Å²) in [6.45, 7) is 2.43. The van der Waals surface area contributed by atoms with Crippen molar-refractivity contribution >= 4 is 12.0 Å². The average molecular weight is 312 g/mol. The maximum atomic E-state index is 13.4. The zero-order valence-corrected chi connectivity index (χ0v) is 13.0. The van der Waals surface area contributed by atoms with Crippen molar-refractivity contribution in [2.75, 3.05) is 6.54 Å². The van der Waals surface area contributed by atoms with Crippen LogP contribution in [0, 0.1) is 17.1 Å². The molecule has 0 aliphatic heterocycles. The first-order chi connectivity index (χ1) is 11.0. The van der Waals surface area contributed by atoms with Crippen LogP contribution in [0.3, 0.4) is 0 Å². The first kappa shape index (κ1) is 16.4. The predicted molar refractivity (Wildman–Crippen MR) is 85.5 cm³/mol. The van der Waals surface area contributed by atoms with Crippen LogP contribution in [-0.2, 0) is 11.8 Å². The number of nitriles is 1. The van der Waals surface area contributed by atoms with Gasteiger partial charge >= 0.3 is 0 Å². The fraction of sp³-hybridized carbons (Fsp3) is 0.235. The van der Waals surface area contributed by atoms with Crippen LogP contribution >= 0.6 is 0 Å². The lowest BCUT2D eigenvalue weighted by Crippen LogP contribution is -2.25. The van der Waals surface area contributed by atoms with E-state index < -0.39 is 5.91 Å². The van der Waals surface area contributed by atoms with Crippen LogP contribution in [0.1, 0.15) is 18.9 Å². The van der Waals surface area contributed by atoms with E-state index in [9.17, 15) is 14.4 Å². The van der Waals surface area contributed by atoms with Crippen molar-refractivity contribution in [2.45, 2.75) is 13.3 Å². The van der Waals surface area contributed by atoms with Crippen molar-refractivity contribution in [1.82, 2.24) is 15.1 Å². The Hall–Kier alpha value is -2.94. The second-order valence-electron chi connectivity index (χ2n) is 5.04. The Morgan fingerprint density at radius 2 is 2.30 bits per heavy atom. The monoisotopic (exact) mass is 312 g/mol. The minimum atomic E-state index is -0.427. The van der Waals surface area contributed by atoms with E-state index in [4.69, 9.17) is 0 Å². The Labute approximate surface area is 134 Å². The minimum absolute atomic E-state index is 0.0101. The predicted octanol–water partition coefficient (Wildman–Crippen LogP) is 2.66. The van der Waals surface area contributed by atoms with Gasteiger partial charge in [-0.3, -0.25) is 9.48 Å². The molecule has 0 aliphatic rings. The Bertz CT molecular complexity index is 786. The lowest BCUT2D eigenvalue weighted by Gasteiger charge is -2.02. The minimum Gasteiger partial charge on any atom is -0.351 e. The van der Waals surface area contributed by atoms with Crippen molar-refractivity contribution in [3.8, 4) is 17.3 Å². The Kier molecular flexibility index (Phi) is 5.26. The van der Waals surface area contributed by atoms with Crippen molar-refractivity contribution in [3.63, 3.8) is 0 Å². The maximum Gasteiger partial charge on any atom is 0.261 e. The molecule has 0 aliphatic carbocycles. The molecule has 0 bridgehead atoms. The summed E-state index contributed by atoms with van der Waals surface area (Å²) >= 11 is 0. The van der Waals surface area contributed by atoms with E-state index in [-0.39, 0.29) is 11.4 Å². The number of nitrogens with zero attached hydrogens (tertiary/aromatic N) is 3. The Morgan fingerprint density at radius 1 is 1.52 bits per heavy atom. The smallest absolute Gasteiger partial charge is 0.261 e. The van der Waals surface area contributed by atoms with Crippen molar-refractivity contribution < 1.29 is 9.18 Å². The summed E-state index contributed by atoms with van der Waals surface area (Å²) in [5.74, 6) is -0.798. The Balaban J connectivity index is 2.42. The molecule has 23 heavy (non-hydrogen) atoms. The second kappa shape index (κ2) is 7.36. The van der Waals surface area contributed by atoms with Gasteiger partial charge in [0.25, 0.3) is 5.91 Å². The van der Waals surface area contributed by atoms with Crippen molar-refractivity contribution in [3.05, 3.63) is 47.4 Å². The first-order valence-electron chi connectivity index (χ1n) is 7.24. The number of benzene rings is 1. The lowest BCUT2D eigenvalue weighted by molar-refractivity contribution is -0.117. The molecular weight excluding hydrogens is 295 g/mol. The second-order valence-corrected chi connectivity index (χ2v) is 5.04. The molecule has 0 fully saturated rings. The number of nitrogens with one attached hydrogen (secondary N) is 1. The molecular formula is C17H17FN4O. The molecule has 5 nitrogen and oxygen atoms in total. The summed E-state index contributed by atoms with van der Waals surface area (Å²) in [7, 11) is 1.73. The van der Waals surface area contributed by atoms with E-state index in [1.807, 2.05) is 13.0 Å². The van der Waals surface area contributed by atoms with Gasteiger partial charge in [0.05, 0.1) is 5.69 Å². The average Bonchev–Trinajstić information content (AvgIpc) is 2.90. The van der Waals surface area contributed by atoms with Gasteiger partial charge in [-0.15, -0.1) is 0 Å². The van der Waals surface area contributed by atoms with Crippen LogP contribution in [-0.4, -0.2) is 22.2 Å². The summed E-state index contributed by atoms with van der Waals surface area (Å²) in [5, 5.41) is 16.2. The zero-order chi connectivity index (χ0) is 16.8. The molecule has 1 heterocycles. The highest BCUT2D eigenvalue weighted by molar-refractivity contribution is 6.02. The van der Waals surface area contributed by atoms with Crippen LogP contribution in [0.5, 0.6) is 0 Å². The quantitative estimate of drug-likeness (QED) is 0.681. The third-order valence-electron chi connectivity index (χ3n) is 3.16. The number of amides is 1. The zero-order valence-electron chi connectivity index (χ0n) is 13.0. The number of carbonyl (C=O) groups excluding carboxylic acids is 1. The number of carbonyl (C=O) groups is 1. The first-order valence-corrected chi connectivity index (χ1v) is 7.24. The summed E-state index contributed by atoms with van der Waals surface area (Å²) in [6.07, 6.45) is 3.94. The van der Waals surface area contributed by atoms with E-state index in [1.165, 1.54) is 18.2 Å². The molecule has 1 aromatic heterocycles. The highest BCUT2D eigenvalue weighted by Crippen LogP contribution is 2.24. The summed E-state index contributed by atoms with van der Waals surface area (Å²) in [5.41, 5.74) is 1.68. The molecule has 118 valence electrons. The number of hydrogen-bond acceptors (Lipinski definition) is 3. The summed E-state index contributed by atoms with van der Waals surface area (Å²) < 4.78 is 15.0. The van der Waals surface area contributed by atoms with Crippen molar-refractivity contribution in [2.24, 2.45) is 7.05 Å². The fourth-order valence-corrected chi connectivity index (χ4v) is 2.11. The molecule has 0 atom stereocenters. The van der Waals surface area contributed by atoms with Gasteiger partial charge in [-0.25, -0.2) is 4.39 Å². The summed E-state index contributed by atoms with van der Waals surface area (Å²) in [4.78, 5) is 12.0. The number of aryl methyl sites for hydroxylation is 1. The van der Waals surface area contributed by atoms with Crippen molar-refractivity contribution in [1.29, 1.82) is 5.26 Å². The van der Waals surface area contributed by atoms with Crippen LogP contribution in [0.25, 0.3) is 17.3 Å². The number of halogens is 1. The molecule has 1 aromatic carbocycles. The molecule has 0 unspecified atom stereocenters. The van der Waals surface area contributed by atoms with Crippen LogP contribution in [0.2, 0.25) is 0 Å². The van der Waals surface area contributed by atoms with Gasteiger partial charge in [-0.05, 0) is 24.6 Å². The van der Waals surface area contributed by atoms with E-state index in [1.54, 1.807) is 30.1 Å². The fourth-order valence-electron chi connectivity index (χ4n) is 2.11. The summed E-state index contributed by atoms with van der Waals surface area (Å²) in [6, 6.07) is 7.93. The normalized spacial score (nSPS) is 11.1. The third-order valence-corrected chi connectivity index (χ3v) is 3.16. The topological polar surface area (TPSA) is 70.7 Å². The lowest BCUT2D eigenvalue weighted by atomic mass is 10.1. The SMILES string of the molecule is CCCNC(=O)/C(C#N)=C/c1cn(C)nc1-c1cccc(F)c1. The maximum absolute atomic E-state index is 13.4. The standard InChI is InChI=1S/C17H17FN4O/c1-3-7-20-17(23)13(10-19)8-14-11-22(2)21-16(14)12-5-4-6-15(18)9-12/h4-6,8-9,11H,3,7H2,1-2H3,(H,20,23)/b13-8+. The molecule has 2 aromatic rings. The largest absolute Gasteiger partial charge is 0.351 e. The molecule has 0 saturated heterocycles. The van der Waals surface area contributed by atoms with Gasteiger partial charge in [0.15, 0.2) is 0 Å². The Morgan fingerprint density at radius 3 is 2.96 bits per heavy atom. The highest BCUT2D eigenvalue weighted by Gasteiger charge is 2.13. The number of hydrogen-bond donors (Lipinski definition) is 1. The van der Waals surface area contributed by atoms with Gasteiger partial charge in [-0.2, -0.15) is 10.4 Å². The number of aromatic nitrogens is 2. The molecule has 2 rings (SSSR count). The van der Waals surface area contributed by atoms with E-state index in [0.717, 1.165) is 6.42 Å². The van der Waals surface area contributed by atoms with Gasteiger partial charge in [0.1, 0.15) is 17.5 Å². The third kappa shape index (κ3) is 4.04. The molecule has 0 saturated carbocycles. The van der Waals surface area contributed by atoms with Crippen LogP contribution in [0.4, 0.5) is 4.39 Å². The van der Waals surface area contributed by atoms with Crippen LogP contribution < -0.4 is 5.32 Å². The van der Waals surface area contributed by atoms with Gasteiger partial charge in [-0.1, -0.05) is 19.1 Å². The molecule has 1 N–H and O–H groups in total. The number of rotatable bonds is 5. The van der Waals surface area contributed by atoms with Gasteiger partial charge in [0, 0.05) is 30.9 Å². The highest BCUT2D eigenvalue weighted by atomic mass is 19.1. The van der Waals surface area contributed by atoms with Gasteiger partial charge < -0.3 is 5.32 Å². The van der Waals surface area contributed by atoms with E-state index >= 15 is 0 Å². The van der Waals surface area contributed by atoms with E-state index in [0.29, 0.717) is 23.4 Å². The molecule has 6 heteroatoms. The van der Waals surface area contributed by atoms with Crippen LogP contribution in [0.15, 0.2) is 36.0 Å². The molecule has 0 spiro atoms. The molecule has 1 amide bonds. The van der Waals surface area contributed by atoms with Gasteiger partial charge in [0.2, 0.25) is 0 Å².